The molecule has 2 rings (SSSR count). The Morgan fingerprint density at radius 1 is 1.32 bits per heavy atom. The molecule has 1 aromatic heterocycles. The highest BCUT2D eigenvalue weighted by atomic mass is 16.5. The summed E-state index contributed by atoms with van der Waals surface area (Å²) in [6, 6.07) is 1.74. The lowest BCUT2D eigenvalue weighted by atomic mass is 10.1. The Balaban J connectivity index is 1.94. The summed E-state index contributed by atoms with van der Waals surface area (Å²) in [7, 11) is 0. The van der Waals surface area contributed by atoms with Crippen molar-refractivity contribution < 1.29 is 9.53 Å². The Morgan fingerprint density at radius 2 is 2.09 bits per heavy atom. The fraction of sp³-hybridized carbons (Fsp3) is 0.688. The molecular formula is C16H26N4O2. The number of hydrogen-bond acceptors (Lipinski definition) is 5. The predicted octanol–water partition coefficient (Wildman–Crippen LogP) is 1.93. The quantitative estimate of drug-likeness (QED) is 0.780. The van der Waals surface area contributed by atoms with Crippen LogP contribution in [0.4, 0.5) is 5.95 Å². The minimum atomic E-state index is -0.139. The first-order valence-corrected chi connectivity index (χ1v) is 8.17. The maximum atomic E-state index is 12.2. The van der Waals surface area contributed by atoms with Gasteiger partial charge in [-0.15, -0.1) is 0 Å². The Hall–Kier alpha value is -1.69. The van der Waals surface area contributed by atoms with Gasteiger partial charge in [-0.25, -0.2) is 9.97 Å². The number of ether oxygens (including phenoxy) is 1. The van der Waals surface area contributed by atoms with E-state index < -0.39 is 0 Å². The van der Waals surface area contributed by atoms with E-state index in [0.29, 0.717) is 31.4 Å². The van der Waals surface area contributed by atoms with E-state index in [1.54, 1.807) is 6.07 Å². The molecule has 1 aliphatic rings. The van der Waals surface area contributed by atoms with Gasteiger partial charge in [-0.05, 0) is 45.6 Å². The number of anilines is 1. The molecule has 0 aromatic carbocycles. The van der Waals surface area contributed by atoms with Gasteiger partial charge in [-0.2, -0.15) is 0 Å². The van der Waals surface area contributed by atoms with Crippen LogP contribution in [-0.4, -0.2) is 48.7 Å². The van der Waals surface area contributed by atoms with E-state index in [-0.39, 0.29) is 5.91 Å². The van der Waals surface area contributed by atoms with Crippen LogP contribution in [0.25, 0.3) is 0 Å². The van der Waals surface area contributed by atoms with Crippen molar-refractivity contribution in [1.82, 2.24) is 15.3 Å². The number of hydrogen-bond donors (Lipinski definition) is 1. The van der Waals surface area contributed by atoms with Crippen LogP contribution in [0.1, 0.15) is 48.8 Å². The molecular weight excluding hydrogens is 280 g/mol. The summed E-state index contributed by atoms with van der Waals surface area (Å²) in [5.74, 6) is 0.541. The third kappa shape index (κ3) is 4.94. The Morgan fingerprint density at radius 3 is 2.82 bits per heavy atom. The van der Waals surface area contributed by atoms with Gasteiger partial charge in [0.15, 0.2) is 0 Å². The summed E-state index contributed by atoms with van der Waals surface area (Å²) in [4.78, 5) is 23.3. The van der Waals surface area contributed by atoms with Crippen molar-refractivity contribution in [3.8, 4) is 0 Å². The Bertz CT molecular complexity index is 487. The molecule has 6 heteroatoms. The average Bonchev–Trinajstić information content (AvgIpc) is 2.54. The SMILES string of the molecule is CCOCCCNC(=O)c1cc(C)nc(N2CCCCC2)n1. The van der Waals surface area contributed by atoms with E-state index in [1.807, 2.05) is 13.8 Å². The summed E-state index contributed by atoms with van der Waals surface area (Å²) < 4.78 is 5.25. The van der Waals surface area contributed by atoms with Crippen molar-refractivity contribution in [1.29, 1.82) is 0 Å². The summed E-state index contributed by atoms with van der Waals surface area (Å²) in [5, 5.41) is 2.89. The van der Waals surface area contributed by atoms with Crippen LogP contribution in [-0.2, 0) is 4.74 Å². The van der Waals surface area contributed by atoms with E-state index in [0.717, 1.165) is 38.0 Å². The van der Waals surface area contributed by atoms with E-state index in [4.69, 9.17) is 4.74 Å². The molecule has 0 bridgehead atoms. The zero-order valence-electron chi connectivity index (χ0n) is 13.6. The fourth-order valence-corrected chi connectivity index (χ4v) is 2.52. The molecule has 0 saturated carbocycles. The van der Waals surface area contributed by atoms with Crippen molar-refractivity contribution in [3.05, 3.63) is 17.5 Å². The van der Waals surface area contributed by atoms with Crippen LogP contribution in [0.5, 0.6) is 0 Å². The fourth-order valence-electron chi connectivity index (χ4n) is 2.52. The first kappa shape index (κ1) is 16.7. The molecule has 1 amide bonds. The first-order valence-electron chi connectivity index (χ1n) is 8.17. The van der Waals surface area contributed by atoms with Gasteiger partial charge in [0.05, 0.1) is 0 Å². The van der Waals surface area contributed by atoms with Gasteiger partial charge >= 0.3 is 0 Å². The molecule has 1 saturated heterocycles. The van der Waals surface area contributed by atoms with Gasteiger partial charge in [0, 0.05) is 38.5 Å². The Kier molecular flexibility index (Phi) is 6.58. The number of piperidine rings is 1. The molecule has 0 aliphatic carbocycles. The lowest BCUT2D eigenvalue weighted by Gasteiger charge is -2.27. The zero-order valence-corrected chi connectivity index (χ0v) is 13.6. The van der Waals surface area contributed by atoms with Gasteiger partial charge < -0.3 is 15.0 Å². The number of carbonyl (C=O) groups is 1. The van der Waals surface area contributed by atoms with Gasteiger partial charge in [0.1, 0.15) is 5.69 Å². The van der Waals surface area contributed by atoms with Crippen molar-refractivity contribution in [2.24, 2.45) is 0 Å². The molecule has 0 atom stereocenters. The van der Waals surface area contributed by atoms with Crippen LogP contribution < -0.4 is 10.2 Å². The summed E-state index contributed by atoms with van der Waals surface area (Å²) in [6.07, 6.45) is 4.39. The van der Waals surface area contributed by atoms with Crippen LogP contribution in [0.3, 0.4) is 0 Å². The normalized spacial score (nSPS) is 14.9. The smallest absolute Gasteiger partial charge is 0.270 e. The number of carbonyl (C=O) groups excluding carboxylic acids is 1. The summed E-state index contributed by atoms with van der Waals surface area (Å²) in [5.41, 5.74) is 1.28. The van der Waals surface area contributed by atoms with Crippen molar-refractivity contribution >= 4 is 11.9 Å². The maximum Gasteiger partial charge on any atom is 0.270 e. The molecule has 122 valence electrons. The first-order chi connectivity index (χ1) is 10.7. The van der Waals surface area contributed by atoms with Crippen molar-refractivity contribution in [3.63, 3.8) is 0 Å². The van der Waals surface area contributed by atoms with Gasteiger partial charge in [0.2, 0.25) is 5.95 Å². The molecule has 6 nitrogen and oxygen atoms in total. The molecule has 1 aliphatic heterocycles. The number of aryl methyl sites for hydroxylation is 1. The molecule has 1 N–H and O–H groups in total. The van der Waals surface area contributed by atoms with Crippen LogP contribution in [0, 0.1) is 6.92 Å². The second kappa shape index (κ2) is 8.68. The lowest BCUT2D eigenvalue weighted by molar-refractivity contribution is 0.0939. The maximum absolute atomic E-state index is 12.2. The second-order valence-corrected chi connectivity index (χ2v) is 5.55. The van der Waals surface area contributed by atoms with E-state index >= 15 is 0 Å². The van der Waals surface area contributed by atoms with Crippen LogP contribution in [0.2, 0.25) is 0 Å². The van der Waals surface area contributed by atoms with Crippen LogP contribution in [0.15, 0.2) is 6.07 Å². The van der Waals surface area contributed by atoms with Gasteiger partial charge in [-0.3, -0.25) is 4.79 Å². The number of nitrogens with one attached hydrogen (secondary N) is 1. The molecule has 0 spiro atoms. The third-order valence-electron chi connectivity index (χ3n) is 3.67. The second-order valence-electron chi connectivity index (χ2n) is 5.55. The summed E-state index contributed by atoms with van der Waals surface area (Å²) in [6.45, 7) is 7.78. The lowest BCUT2D eigenvalue weighted by Crippen LogP contribution is -2.32. The molecule has 22 heavy (non-hydrogen) atoms. The molecule has 1 fully saturated rings. The minimum Gasteiger partial charge on any atom is -0.382 e. The average molecular weight is 306 g/mol. The number of rotatable bonds is 7. The monoisotopic (exact) mass is 306 g/mol. The largest absolute Gasteiger partial charge is 0.382 e. The van der Waals surface area contributed by atoms with E-state index in [2.05, 4.69) is 20.2 Å². The van der Waals surface area contributed by atoms with Gasteiger partial charge in [-0.1, -0.05) is 0 Å². The number of amides is 1. The van der Waals surface area contributed by atoms with E-state index in [9.17, 15) is 4.79 Å². The highest BCUT2D eigenvalue weighted by Gasteiger charge is 2.16. The molecule has 0 radical (unpaired) electrons. The minimum absolute atomic E-state index is 0.139. The topological polar surface area (TPSA) is 67.3 Å². The van der Waals surface area contributed by atoms with Crippen molar-refractivity contribution in [2.75, 3.05) is 37.7 Å². The highest BCUT2D eigenvalue weighted by Crippen LogP contribution is 2.16. The highest BCUT2D eigenvalue weighted by molar-refractivity contribution is 5.92. The van der Waals surface area contributed by atoms with E-state index in [1.165, 1.54) is 6.42 Å². The molecule has 0 unspecified atom stereocenters. The predicted molar refractivity (Wildman–Crippen MR) is 86.3 cm³/mol. The Labute approximate surface area is 132 Å². The zero-order chi connectivity index (χ0) is 15.8. The third-order valence-corrected chi connectivity index (χ3v) is 3.67. The molecule has 2 heterocycles. The van der Waals surface area contributed by atoms with Crippen molar-refractivity contribution in [2.45, 2.75) is 39.5 Å². The molecule has 1 aromatic rings. The summed E-state index contributed by atoms with van der Waals surface area (Å²) >= 11 is 0. The standard InChI is InChI=1S/C16H26N4O2/c1-3-22-11-7-8-17-15(21)14-12-13(2)18-16(19-14)20-9-5-4-6-10-20/h12H,3-11H2,1-2H3,(H,17,21). The van der Waals surface area contributed by atoms with Crippen LogP contribution >= 0.6 is 0 Å². The van der Waals surface area contributed by atoms with Gasteiger partial charge in [0.25, 0.3) is 5.91 Å². The number of aromatic nitrogens is 2. The number of nitrogens with zero attached hydrogens (tertiary/aromatic N) is 3.